The Morgan fingerprint density at radius 1 is 1.33 bits per heavy atom. The van der Waals surface area contributed by atoms with Gasteiger partial charge in [-0.3, -0.25) is 9.59 Å². The molecule has 9 heteroatoms. The Bertz CT molecular complexity index is 1110. The number of hydrogen-bond acceptors (Lipinski definition) is 5. The molecule has 3 atom stereocenters. The molecule has 33 heavy (non-hydrogen) atoms. The second kappa shape index (κ2) is 8.44. The lowest BCUT2D eigenvalue weighted by molar-refractivity contribution is -0.139. The molecule has 1 saturated carbocycles. The molecule has 0 spiro atoms. The van der Waals surface area contributed by atoms with Crippen LogP contribution in [0.4, 0.5) is 10.1 Å². The van der Waals surface area contributed by atoms with Crippen molar-refractivity contribution in [2.45, 2.75) is 71.4 Å². The van der Waals surface area contributed by atoms with Crippen molar-refractivity contribution >= 4 is 17.6 Å². The number of benzene rings is 1. The highest BCUT2D eigenvalue weighted by Crippen LogP contribution is 2.38. The molecule has 2 aliphatic carbocycles. The summed E-state index contributed by atoms with van der Waals surface area (Å²) in [5, 5.41) is 17.3. The van der Waals surface area contributed by atoms with Crippen LogP contribution in [0, 0.1) is 24.1 Å². The van der Waals surface area contributed by atoms with E-state index in [9.17, 15) is 14.7 Å². The Hall–Kier alpha value is -2.94. The SMILES string of the molecule is Cc1nn(-c2cc(F)c(C(N)=O)c(NC3CCC[C@H]3[C@H](N)C(=O)O)c2)c2c1CCC(C)(C)C2. The molecule has 1 aromatic heterocycles. The van der Waals surface area contributed by atoms with Crippen LogP contribution in [0.15, 0.2) is 12.1 Å². The van der Waals surface area contributed by atoms with Crippen molar-refractivity contribution < 1.29 is 19.1 Å². The molecule has 178 valence electrons. The number of rotatable bonds is 6. The lowest BCUT2D eigenvalue weighted by Crippen LogP contribution is -2.44. The van der Waals surface area contributed by atoms with Crippen molar-refractivity contribution in [3.8, 4) is 5.69 Å². The van der Waals surface area contributed by atoms with Crippen molar-refractivity contribution in [2.24, 2.45) is 22.8 Å². The first-order valence-electron chi connectivity index (χ1n) is 11.4. The number of amides is 1. The number of halogens is 1. The van der Waals surface area contributed by atoms with E-state index >= 15 is 4.39 Å². The maximum Gasteiger partial charge on any atom is 0.320 e. The largest absolute Gasteiger partial charge is 0.480 e. The minimum absolute atomic E-state index is 0.105. The minimum atomic E-state index is -1.08. The Kier molecular flexibility index (Phi) is 5.94. The number of nitrogens with one attached hydrogen (secondary N) is 1. The van der Waals surface area contributed by atoms with Gasteiger partial charge in [0.1, 0.15) is 11.9 Å². The lowest BCUT2D eigenvalue weighted by atomic mass is 9.76. The van der Waals surface area contributed by atoms with Crippen molar-refractivity contribution in [1.29, 1.82) is 0 Å². The van der Waals surface area contributed by atoms with Crippen LogP contribution in [0.5, 0.6) is 0 Å². The van der Waals surface area contributed by atoms with Crippen molar-refractivity contribution in [3.05, 3.63) is 40.5 Å². The molecule has 1 aromatic carbocycles. The minimum Gasteiger partial charge on any atom is -0.480 e. The summed E-state index contributed by atoms with van der Waals surface area (Å²) < 4.78 is 17.0. The molecule has 6 N–H and O–H groups in total. The normalized spacial score (nSPS) is 22.6. The third-order valence-electron chi connectivity index (χ3n) is 7.21. The van der Waals surface area contributed by atoms with Crippen LogP contribution >= 0.6 is 0 Å². The van der Waals surface area contributed by atoms with Crippen LogP contribution in [0.25, 0.3) is 5.69 Å². The van der Waals surface area contributed by atoms with Gasteiger partial charge < -0.3 is 21.9 Å². The fourth-order valence-corrected chi connectivity index (χ4v) is 5.39. The van der Waals surface area contributed by atoms with Gasteiger partial charge in [-0.25, -0.2) is 9.07 Å². The summed E-state index contributed by atoms with van der Waals surface area (Å²) in [6.07, 6.45) is 4.88. The predicted molar refractivity (Wildman–Crippen MR) is 123 cm³/mol. The molecule has 1 unspecified atom stereocenters. The highest BCUT2D eigenvalue weighted by Gasteiger charge is 2.36. The maximum atomic E-state index is 15.2. The number of carbonyl (C=O) groups excluding carboxylic acids is 1. The van der Waals surface area contributed by atoms with Gasteiger partial charge in [-0.2, -0.15) is 5.10 Å². The molecule has 2 aromatic rings. The summed E-state index contributed by atoms with van der Waals surface area (Å²) in [6.45, 7) is 6.37. The zero-order chi connectivity index (χ0) is 24.1. The van der Waals surface area contributed by atoms with Crippen molar-refractivity contribution in [1.82, 2.24) is 9.78 Å². The van der Waals surface area contributed by atoms with E-state index in [2.05, 4.69) is 19.2 Å². The van der Waals surface area contributed by atoms with E-state index in [1.54, 1.807) is 10.7 Å². The van der Waals surface area contributed by atoms with Crippen LogP contribution in [-0.4, -0.2) is 38.8 Å². The number of aromatic nitrogens is 2. The highest BCUT2D eigenvalue weighted by atomic mass is 19.1. The van der Waals surface area contributed by atoms with Crippen molar-refractivity contribution in [2.75, 3.05) is 5.32 Å². The van der Waals surface area contributed by atoms with Crippen LogP contribution in [0.3, 0.4) is 0 Å². The first-order valence-corrected chi connectivity index (χ1v) is 11.4. The molecule has 0 aliphatic heterocycles. The molecule has 0 bridgehead atoms. The van der Waals surface area contributed by atoms with Gasteiger partial charge in [0.15, 0.2) is 0 Å². The number of nitrogens with two attached hydrogens (primary N) is 2. The molecule has 4 rings (SSSR count). The number of anilines is 1. The summed E-state index contributed by atoms with van der Waals surface area (Å²) in [5.74, 6) is -3.05. The van der Waals surface area contributed by atoms with Gasteiger partial charge in [0.05, 0.1) is 22.6 Å². The van der Waals surface area contributed by atoms with E-state index in [1.807, 2.05) is 6.92 Å². The van der Waals surface area contributed by atoms with E-state index < -0.39 is 23.7 Å². The summed E-state index contributed by atoms with van der Waals surface area (Å²) in [6, 6.07) is 1.61. The monoisotopic (exact) mass is 457 g/mol. The average molecular weight is 458 g/mol. The van der Waals surface area contributed by atoms with E-state index in [4.69, 9.17) is 16.6 Å². The second-order valence-electron chi connectivity index (χ2n) is 10.2. The number of primary amides is 1. The van der Waals surface area contributed by atoms with Gasteiger partial charge >= 0.3 is 5.97 Å². The Morgan fingerprint density at radius 2 is 2.06 bits per heavy atom. The first kappa shape index (κ1) is 23.2. The molecule has 0 saturated heterocycles. The highest BCUT2D eigenvalue weighted by molar-refractivity contribution is 5.99. The zero-order valence-corrected chi connectivity index (χ0v) is 19.3. The lowest BCUT2D eigenvalue weighted by Gasteiger charge is -2.30. The van der Waals surface area contributed by atoms with Gasteiger partial charge in [0.2, 0.25) is 0 Å². The Morgan fingerprint density at radius 3 is 2.73 bits per heavy atom. The fraction of sp³-hybridized carbons (Fsp3) is 0.542. The molecule has 1 amide bonds. The Balaban J connectivity index is 1.77. The summed E-state index contributed by atoms with van der Waals surface area (Å²) in [7, 11) is 0. The van der Waals surface area contributed by atoms with Crippen LogP contribution < -0.4 is 16.8 Å². The van der Waals surface area contributed by atoms with Gasteiger partial charge in [-0.1, -0.05) is 20.3 Å². The molecular weight excluding hydrogens is 425 g/mol. The number of aliphatic carboxylic acids is 1. The quantitative estimate of drug-likeness (QED) is 0.526. The number of carboxylic acid groups (broad SMARTS) is 1. The number of aryl methyl sites for hydroxylation is 1. The van der Waals surface area contributed by atoms with E-state index in [-0.39, 0.29) is 28.6 Å². The third kappa shape index (κ3) is 4.34. The summed E-state index contributed by atoms with van der Waals surface area (Å²) in [4.78, 5) is 23.6. The molecule has 1 fully saturated rings. The third-order valence-corrected chi connectivity index (χ3v) is 7.21. The zero-order valence-electron chi connectivity index (χ0n) is 19.3. The van der Waals surface area contributed by atoms with Crippen LogP contribution in [-0.2, 0) is 17.6 Å². The molecule has 0 radical (unpaired) electrons. The number of carboxylic acids is 1. The van der Waals surface area contributed by atoms with Gasteiger partial charge in [-0.05, 0) is 56.1 Å². The second-order valence-corrected chi connectivity index (χ2v) is 10.2. The topological polar surface area (TPSA) is 136 Å². The molecule has 1 heterocycles. The van der Waals surface area contributed by atoms with E-state index in [1.165, 1.54) is 11.6 Å². The van der Waals surface area contributed by atoms with Crippen LogP contribution in [0.1, 0.15) is 66.8 Å². The van der Waals surface area contributed by atoms with Gasteiger partial charge in [-0.15, -0.1) is 0 Å². The van der Waals surface area contributed by atoms with Gasteiger partial charge in [0.25, 0.3) is 5.91 Å². The average Bonchev–Trinajstić information content (AvgIpc) is 3.29. The Labute approximate surface area is 192 Å². The van der Waals surface area contributed by atoms with Crippen molar-refractivity contribution in [3.63, 3.8) is 0 Å². The number of carbonyl (C=O) groups is 2. The van der Waals surface area contributed by atoms with E-state index in [0.717, 1.165) is 37.1 Å². The molecular formula is C24H32FN5O3. The summed E-state index contributed by atoms with van der Waals surface area (Å²) in [5.41, 5.74) is 15.2. The van der Waals surface area contributed by atoms with Crippen LogP contribution in [0.2, 0.25) is 0 Å². The smallest absolute Gasteiger partial charge is 0.320 e. The number of nitrogens with zero attached hydrogens (tertiary/aromatic N) is 2. The maximum absolute atomic E-state index is 15.2. The molecule has 2 aliphatic rings. The number of fused-ring (bicyclic) bond motifs is 1. The first-order chi connectivity index (χ1) is 15.5. The predicted octanol–water partition coefficient (Wildman–Crippen LogP) is 2.93. The molecule has 8 nitrogen and oxygen atoms in total. The van der Waals surface area contributed by atoms with Gasteiger partial charge in [0, 0.05) is 23.7 Å². The fourth-order valence-electron chi connectivity index (χ4n) is 5.39. The van der Waals surface area contributed by atoms with E-state index in [0.29, 0.717) is 18.5 Å². The standard InChI is InChI=1S/C24H32FN5O3/c1-12-14-7-8-24(2,3)11-19(14)30(29-12)13-9-16(25)20(22(27)31)18(10-13)28-17-6-4-5-15(17)21(26)23(32)33/h9-10,15,17,21,28H,4-8,11,26H2,1-3H3,(H2,27,31)(H,32,33)/t15-,17?,21+/m1/s1. The summed E-state index contributed by atoms with van der Waals surface area (Å²) >= 11 is 0. The number of hydrogen-bond donors (Lipinski definition) is 4.